The molecule has 8 heteroatoms. The zero-order valence-electron chi connectivity index (χ0n) is 12.2. The summed E-state index contributed by atoms with van der Waals surface area (Å²) in [6.07, 6.45) is 1.04. The first-order valence-corrected chi connectivity index (χ1v) is 8.17. The van der Waals surface area contributed by atoms with Gasteiger partial charge in [-0.3, -0.25) is 9.59 Å². The van der Waals surface area contributed by atoms with Crippen molar-refractivity contribution >= 4 is 27.3 Å². The molecule has 1 aromatic carbocycles. The molecule has 0 aliphatic rings. The second-order valence-electron chi connectivity index (χ2n) is 4.68. The van der Waals surface area contributed by atoms with Crippen molar-refractivity contribution < 1.29 is 18.0 Å². The van der Waals surface area contributed by atoms with Crippen molar-refractivity contribution in [3.63, 3.8) is 0 Å². The van der Waals surface area contributed by atoms with Gasteiger partial charge in [-0.2, -0.15) is 0 Å². The van der Waals surface area contributed by atoms with Gasteiger partial charge < -0.3 is 16.0 Å². The van der Waals surface area contributed by atoms with E-state index in [4.69, 9.17) is 5.73 Å². The third-order valence-electron chi connectivity index (χ3n) is 2.71. The van der Waals surface area contributed by atoms with Crippen LogP contribution in [0.3, 0.4) is 0 Å². The van der Waals surface area contributed by atoms with E-state index in [9.17, 15) is 18.0 Å². The van der Waals surface area contributed by atoms with E-state index >= 15 is 0 Å². The summed E-state index contributed by atoms with van der Waals surface area (Å²) in [4.78, 5) is 24.8. The number of nitrogens with zero attached hydrogens (tertiary/aromatic N) is 1. The fourth-order valence-electron chi connectivity index (χ4n) is 1.72. The van der Waals surface area contributed by atoms with Crippen molar-refractivity contribution in [1.29, 1.82) is 0 Å². The standard InChI is InChI=1S/C13H19N3O4S/c1-4-15-12(17)8-16(2)13(18)9-5-10(14)7-11(6-9)21(3,19)20/h5-7H,4,8,14H2,1-3H3,(H,15,17). The molecule has 3 N–H and O–H groups in total. The SMILES string of the molecule is CCNC(=O)CN(C)C(=O)c1cc(N)cc(S(C)(=O)=O)c1. The van der Waals surface area contributed by atoms with Gasteiger partial charge in [0.15, 0.2) is 9.84 Å². The highest BCUT2D eigenvalue weighted by Crippen LogP contribution is 2.17. The molecular formula is C13H19N3O4S. The van der Waals surface area contributed by atoms with Crippen LogP contribution in [-0.2, 0) is 14.6 Å². The Kier molecular flexibility index (Phi) is 5.31. The van der Waals surface area contributed by atoms with Gasteiger partial charge in [0, 0.05) is 31.1 Å². The minimum Gasteiger partial charge on any atom is -0.399 e. The highest BCUT2D eigenvalue weighted by Gasteiger charge is 2.18. The van der Waals surface area contributed by atoms with E-state index in [1.807, 2.05) is 0 Å². The minimum atomic E-state index is -3.47. The maximum absolute atomic E-state index is 12.2. The normalized spacial score (nSPS) is 11.0. The molecule has 0 saturated carbocycles. The van der Waals surface area contributed by atoms with Crippen LogP contribution in [0.2, 0.25) is 0 Å². The van der Waals surface area contributed by atoms with E-state index in [1.165, 1.54) is 30.1 Å². The minimum absolute atomic E-state index is 0.0303. The van der Waals surface area contributed by atoms with Gasteiger partial charge in [0.05, 0.1) is 11.4 Å². The molecule has 0 bridgehead atoms. The molecule has 0 saturated heterocycles. The largest absolute Gasteiger partial charge is 0.399 e. The molecule has 0 aromatic heterocycles. The molecule has 0 fully saturated rings. The summed E-state index contributed by atoms with van der Waals surface area (Å²) < 4.78 is 23.1. The summed E-state index contributed by atoms with van der Waals surface area (Å²) in [5.74, 6) is -0.765. The molecule has 1 aromatic rings. The predicted octanol–water partition coefficient (Wildman–Crippen LogP) is -0.120. The fourth-order valence-corrected chi connectivity index (χ4v) is 2.41. The molecule has 0 spiro atoms. The maximum atomic E-state index is 12.2. The van der Waals surface area contributed by atoms with E-state index in [0.717, 1.165) is 6.26 Å². The van der Waals surface area contributed by atoms with Crippen LogP contribution in [0.5, 0.6) is 0 Å². The summed E-state index contributed by atoms with van der Waals surface area (Å²) in [5.41, 5.74) is 5.93. The Bertz CT molecular complexity index is 655. The van der Waals surface area contributed by atoms with E-state index < -0.39 is 15.7 Å². The Morgan fingerprint density at radius 1 is 1.29 bits per heavy atom. The van der Waals surface area contributed by atoms with Crippen LogP contribution < -0.4 is 11.1 Å². The van der Waals surface area contributed by atoms with E-state index in [1.54, 1.807) is 6.92 Å². The Hall–Kier alpha value is -2.09. The van der Waals surface area contributed by atoms with E-state index in [0.29, 0.717) is 6.54 Å². The number of sulfone groups is 1. The first-order chi connectivity index (χ1) is 9.65. The van der Waals surface area contributed by atoms with Gasteiger partial charge in [-0.15, -0.1) is 0 Å². The molecule has 0 aliphatic carbocycles. The molecule has 0 radical (unpaired) electrons. The number of nitrogens with two attached hydrogens (primary N) is 1. The molecule has 1 rings (SSSR count). The number of carbonyl (C=O) groups is 2. The molecule has 0 heterocycles. The predicted molar refractivity (Wildman–Crippen MR) is 79.6 cm³/mol. The summed E-state index contributed by atoms with van der Waals surface area (Å²) in [6, 6.07) is 3.92. The molecule has 21 heavy (non-hydrogen) atoms. The lowest BCUT2D eigenvalue weighted by molar-refractivity contribution is -0.121. The van der Waals surface area contributed by atoms with Crippen molar-refractivity contribution in [2.24, 2.45) is 0 Å². The summed E-state index contributed by atoms with van der Waals surface area (Å²) >= 11 is 0. The van der Waals surface area contributed by atoms with Crippen LogP contribution in [0.1, 0.15) is 17.3 Å². The fraction of sp³-hybridized carbons (Fsp3) is 0.385. The Morgan fingerprint density at radius 3 is 2.43 bits per heavy atom. The number of benzene rings is 1. The highest BCUT2D eigenvalue weighted by atomic mass is 32.2. The van der Waals surface area contributed by atoms with Crippen LogP contribution >= 0.6 is 0 Å². The molecule has 116 valence electrons. The second kappa shape index (κ2) is 6.57. The average molecular weight is 313 g/mol. The van der Waals surface area contributed by atoms with E-state index in [-0.39, 0.29) is 28.6 Å². The number of nitrogen functional groups attached to an aromatic ring is 1. The van der Waals surface area contributed by atoms with Gasteiger partial charge in [-0.1, -0.05) is 0 Å². The maximum Gasteiger partial charge on any atom is 0.254 e. The van der Waals surface area contributed by atoms with Crippen LogP contribution in [-0.4, -0.2) is 51.5 Å². The van der Waals surface area contributed by atoms with Gasteiger partial charge in [-0.25, -0.2) is 8.42 Å². The third kappa shape index (κ3) is 4.75. The van der Waals surface area contributed by atoms with Gasteiger partial charge in [0.2, 0.25) is 5.91 Å². The van der Waals surface area contributed by atoms with Crippen molar-refractivity contribution in [2.45, 2.75) is 11.8 Å². The summed E-state index contributed by atoms with van der Waals surface area (Å²) in [5, 5.41) is 2.58. The zero-order valence-corrected chi connectivity index (χ0v) is 13.0. The lowest BCUT2D eigenvalue weighted by atomic mass is 10.2. The number of likely N-dealkylation sites (N-methyl/N-ethyl adjacent to an activating group) is 2. The summed E-state index contributed by atoms with van der Waals surface area (Å²) in [6.45, 7) is 2.13. The van der Waals surface area contributed by atoms with Crippen LogP contribution in [0.4, 0.5) is 5.69 Å². The van der Waals surface area contributed by atoms with Gasteiger partial charge in [0.25, 0.3) is 5.91 Å². The first-order valence-electron chi connectivity index (χ1n) is 6.28. The molecule has 7 nitrogen and oxygen atoms in total. The van der Waals surface area contributed by atoms with Crippen molar-refractivity contribution in [3.8, 4) is 0 Å². The number of anilines is 1. The molecular weight excluding hydrogens is 294 g/mol. The number of rotatable bonds is 5. The molecule has 2 amide bonds. The number of hydrogen-bond acceptors (Lipinski definition) is 5. The number of hydrogen-bond donors (Lipinski definition) is 2. The number of amides is 2. The third-order valence-corrected chi connectivity index (χ3v) is 3.80. The van der Waals surface area contributed by atoms with Gasteiger partial charge >= 0.3 is 0 Å². The molecule has 0 unspecified atom stereocenters. The molecule has 0 atom stereocenters. The van der Waals surface area contributed by atoms with Crippen LogP contribution in [0.25, 0.3) is 0 Å². The summed E-state index contributed by atoms with van der Waals surface area (Å²) in [7, 11) is -2.01. The monoisotopic (exact) mass is 313 g/mol. The zero-order chi connectivity index (χ0) is 16.2. The van der Waals surface area contributed by atoms with Crippen molar-refractivity contribution in [1.82, 2.24) is 10.2 Å². The highest BCUT2D eigenvalue weighted by molar-refractivity contribution is 7.90. The van der Waals surface area contributed by atoms with Crippen molar-refractivity contribution in [2.75, 3.05) is 32.1 Å². The smallest absolute Gasteiger partial charge is 0.254 e. The van der Waals surface area contributed by atoms with Crippen molar-refractivity contribution in [3.05, 3.63) is 23.8 Å². The lowest BCUT2D eigenvalue weighted by Gasteiger charge is -2.17. The second-order valence-corrected chi connectivity index (χ2v) is 6.69. The van der Waals surface area contributed by atoms with Gasteiger partial charge in [0.1, 0.15) is 0 Å². The first kappa shape index (κ1) is 17.0. The van der Waals surface area contributed by atoms with E-state index in [2.05, 4.69) is 5.32 Å². The van der Waals surface area contributed by atoms with Gasteiger partial charge in [-0.05, 0) is 25.1 Å². The van der Waals surface area contributed by atoms with Crippen LogP contribution in [0.15, 0.2) is 23.1 Å². The average Bonchev–Trinajstić information content (AvgIpc) is 2.36. The topological polar surface area (TPSA) is 110 Å². The molecule has 0 aliphatic heterocycles. The number of nitrogens with one attached hydrogen (secondary N) is 1. The Labute approximate surface area is 124 Å². The Morgan fingerprint density at radius 2 is 1.90 bits per heavy atom. The Balaban J connectivity index is 3.02. The quantitative estimate of drug-likeness (QED) is 0.737. The number of carbonyl (C=O) groups excluding carboxylic acids is 2. The van der Waals surface area contributed by atoms with Crippen LogP contribution in [0, 0.1) is 0 Å². The lowest BCUT2D eigenvalue weighted by Crippen LogP contribution is -2.38.